The summed E-state index contributed by atoms with van der Waals surface area (Å²) in [6.07, 6.45) is 2.70. The molecule has 1 aliphatic rings. The minimum Gasteiger partial charge on any atom is -0.497 e. The summed E-state index contributed by atoms with van der Waals surface area (Å²) < 4.78 is 10.4. The third-order valence-electron chi connectivity index (χ3n) is 6.19. The van der Waals surface area contributed by atoms with Crippen LogP contribution in [0.15, 0.2) is 28.8 Å². The number of methoxy groups -OCH3 is 1. The monoisotopic (exact) mass is 442 g/mol. The summed E-state index contributed by atoms with van der Waals surface area (Å²) in [5.41, 5.74) is 2.94. The molecule has 0 bridgehead atoms. The van der Waals surface area contributed by atoms with Crippen molar-refractivity contribution in [2.24, 2.45) is 5.92 Å². The van der Waals surface area contributed by atoms with Crippen LogP contribution in [0, 0.1) is 19.8 Å². The van der Waals surface area contributed by atoms with E-state index < -0.39 is 0 Å². The Hall–Kier alpha value is -2.87. The fourth-order valence-electron chi connectivity index (χ4n) is 4.07. The van der Waals surface area contributed by atoms with Gasteiger partial charge in [-0.25, -0.2) is 0 Å². The summed E-state index contributed by atoms with van der Waals surface area (Å²) in [5, 5.41) is 10.5. The van der Waals surface area contributed by atoms with Gasteiger partial charge in [-0.2, -0.15) is 0 Å². The van der Waals surface area contributed by atoms with Crippen molar-refractivity contribution in [3.8, 4) is 5.75 Å². The van der Waals surface area contributed by atoms with Crippen molar-refractivity contribution >= 4 is 11.8 Å². The number of aryl methyl sites for hydroxylation is 2. The van der Waals surface area contributed by atoms with Crippen LogP contribution in [0.2, 0.25) is 0 Å². The van der Waals surface area contributed by atoms with Crippen molar-refractivity contribution in [2.45, 2.75) is 58.7 Å². The van der Waals surface area contributed by atoms with Gasteiger partial charge in [-0.1, -0.05) is 23.7 Å². The Bertz CT molecular complexity index is 890. The number of likely N-dealkylation sites (N-methyl/N-ethyl adjacent to an activating group) is 1. The van der Waals surface area contributed by atoms with Gasteiger partial charge in [0.05, 0.1) is 12.8 Å². The predicted octanol–water partition coefficient (Wildman–Crippen LogP) is 2.72. The number of nitrogens with zero attached hydrogens (tertiary/aromatic N) is 2. The fourth-order valence-corrected chi connectivity index (χ4v) is 4.07. The van der Waals surface area contributed by atoms with Gasteiger partial charge in [0, 0.05) is 50.6 Å². The number of carbonyl (C=O) groups excluding carboxylic acids is 2. The lowest BCUT2D eigenvalue weighted by Crippen LogP contribution is -2.42. The molecule has 0 unspecified atom stereocenters. The molecule has 2 amide bonds. The number of amides is 2. The number of hydrogen-bond donors (Lipinski definition) is 2. The number of nitrogens with one attached hydrogen (secondary N) is 2. The summed E-state index contributed by atoms with van der Waals surface area (Å²) in [6.45, 7) is 5.54. The van der Waals surface area contributed by atoms with Gasteiger partial charge < -0.3 is 24.8 Å². The highest BCUT2D eigenvalue weighted by molar-refractivity contribution is 5.85. The maximum absolute atomic E-state index is 12.8. The first-order valence-electron chi connectivity index (χ1n) is 11.2. The molecule has 8 nitrogen and oxygen atoms in total. The van der Waals surface area contributed by atoms with Crippen LogP contribution in [-0.2, 0) is 22.7 Å². The van der Waals surface area contributed by atoms with Crippen LogP contribution in [0.4, 0.5) is 0 Å². The van der Waals surface area contributed by atoms with E-state index in [0.29, 0.717) is 26.1 Å². The molecule has 0 radical (unpaired) electrons. The van der Waals surface area contributed by atoms with E-state index in [1.54, 1.807) is 12.0 Å². The molecule has 174 valence electrons. The number of hydrogen-bond acceptors (Lipinski definition) is 6. The van der Waals surface area contributed by atoms with Crippen molar-refractivity contribution < 1.29 is 18.8 Å². The average molecular weight is 443 g/mol. The maximum atomic E-state index is 12.8. The first-order chi connectivity index (χ1) is 15.4. The number of aromatic nitrogens is 1. The molecule has 2 atom stereocenters. The van der Waals surface area contributed by atoms with Gasteiger partial charge in [0.25, 0.3) is 0 Å². The van der Waals surface area contributed by atoms with E-state index in [4.69, 9.17) is 9.26 Å². The van der Waals surface area contributed by atoms with E-state index in [2.05, 4.69) is 15.8 Å². The molecule has 8 heteroatoms. The fraction of sp³-hybridized carbons (Fsp3) is 0.542. The second kappa shape index (κ2) is 11.1. The summed E-state index contributed by atoms with van der Waals surface area (Å²) in [5.74, 6) is 1.22. The quantitative estimate of drug-likeness (QED) is 0.684. The number of benzene rings is 1. The standard InChI is InChI=1S/C24H34N4O4/c1-16-22(17(2)32-27-16)14-25-20-7-5-6-19(12-23(29)28(3)15-20)24(30)26-13-18-8-10-21(31-4)11-9-18/h8-11,19-20,25H,5-7,12-15H2,1-4H3,(H,26,30)/t19-,20-/m1/s1. The molecular weight excluding hydrogens is 408 g/mol. The van der Waals surface area contributed by atoms with Gasteiger partial charge in [0.15, 0.2) is 0 Å². The second-order valence-corrected chi connectivity index (χ2v) is 8.55. The molecule has 32 heavy (non-hydrogen) atoms. The second-order valence-electron chi connectivity index (χ2n) is 8.55. The van der Waals surface area contributed by atoms with Gasteiger partial charge >= 0.3 is 0 Å². The van der Waals surface area contributed by atoms with Gasteiger partial charge in [-0.15, -0.1) is 0 Å². The minimum absolute atomic E-state index is 0.000589. The molecule has 0 spiro atoms. The molecule has 2 heterocycles. The molecular formula is C24H34N4O4. The Balaban J connectivity index is 1.55. The molecule has 1 saturated heterocycles. The summed E-state index contributed by atoms with van der Waals surface area (Å²) >= 11 is 0. The molecule has 1 aliphatic heterocycles. The normalized spacial score (nSPS) is 19.8. The molecule has 1 aromatic carbocycles. The zero-order valence-corrected chi connectivity index (χ0v) is 19.4. The van der Waals surface area contributed by atoms with Crippen LogP contribution in [0.3, 0.4) is 0 Å². The topological polar surface area (TPSA) is 96.7 Å². The van der Waals surface area contributed by atoms with E-state index in [1.165, 1.54) is 0 Å². The molecule has 1 fully saturated rings. The highest BCUT2D eigenvalue weighted by Crippen LogP contribution is 2.20. The molecule has 0 saturated carbocycles. The molecule has 0 aliphatic carbocycles. The van der Waals surface area contributed by atoms with Crippen LogP contribution in [0.25, 0.3) is 0 Å². The number of carbonyl (C=O) groups is 2. The highest BCUT2D eigenvalue weighted by Gasteiger charge is 2.27. The Kier molecular flexibility index (Phi) is 8.27. The highest BCUT2D eigenvalue weighted by atomic mass is 16.5. The van der Waals surface area contributed by atoms with Gasteiger partial charge in [0.2, 0.25) is 11.8 Å². The zero-order valence-electron chi connectivity index (χ0n) is 19.4. The van der Waals surface area contributed by atoms with E-state index >= 15 is 0 Å². The van der Waals surface area contributed by atoms with Crippen LogP contribution in [0.5, 0.6) is 5.75 Å². The van der Waals surface area contributed by atoms with E-state index in [-0.39, 0.29) is 30.2 Å². The lowest BCUT2D eigenvalue weighted by Gasteiger charge is -2.24. The molecule has 1 aromatic heterocycles. The Labute approximate surface area is 189 Å². The van der Waals surface area contributed by atoms with E-state index in [0.717, 1.165) is 41.2 Å². The Morgan fingerprint density at radius 2 is 1.97 bits per heavy atom. The largest absolute Gasteiger partial charge is 0.497 e. The minimum atomic E-state index is -0.315. The lowest BCUT2D eigenvalue weighted by molar-refractivity contribution is -0.135. The van der Waals surface area contributed by atoms with Crippen molar-refractivity contribution in [2.75, 3.05) is 20.7 Å². The Morgan fingerprint density at radius 3 is 2.62 bits per heavy atom. The maximum Gasteiger partial charge on any atom is 0.223 e. The van der Waals surface area contributed by atoms with Crippen LogP contribution in [-0.4, -0.2) is 48.6 Å². The van der Waals surface area contributed by atoms with Crippen molar-refractivity contribution in [3.05, 3.63) is 46.8 Å². The van der Waals surface area contributed by atoms with Crippen LogP contribution < -0.4 is 15.4 Å². The van der Waals surface area contributed by atoms with Crippen molar-refractivity contribution in [1.29, 1.82) is 0 Å². The van der Waals surface area contributed by atoms with Crippen LogP contribution in [0.1, 0.15) is 48.3 Å². The van der Waals surface area contributed by atoms with E-state index in [9.17, 15) is 9.59 Å². The summed E-state index contributed by atoms with van der Waals surface area (Å²) in [7, 11) is 3.43. The smallest absolute Gasteiger partial charge is 0.223 e. The van der Waals surface area contributed by atoms with Crippen molar-refractivity contribution in [1.82, 2.24) is 20.7 Å². The third-order valence-corrected chi connectivity index (χ3v) is 6.19. The third kappa shape index (κ3) is 6.32. The molecule has 2 N–H and O–H groups in total. The zero-order chi connectivity index (χ0) is 23.1. The van der Waals surface area contributed by atoms with Crippen LogP contribution >= 0.6 is 0 Å². The van der Waals surface area contributed by atoms with Gasteiger partial charge in [0.1, 0.15) is 11.5 Å². The number of rotatable bonds is 7. The number of ether oxygens (including phenoxy) is 1. The van der Waals surface area contributed by atoms with Gasteiger partial charge in [-0.3, -0.25) is 9.59 Å². The molecule has 2 aromatic rings. The first kappa shape index (κ1) is 23.8. The van der Waals surface area contributed by atoms with Crippen molar-refractivity contribution in [3.63, 3.8) is 0 Å². The van der Waals surface area contributed by atoms with Gasteiger partial charge in [-0.05, 0) is 44.4 Å². The average Bonchev–Trinajstić information content (AvgIpc) is 3.14. The van der Waals surface area contributed by atoms with E-state index in [1.807, 2.05) is 45.2 Å². The first-order valence-corrected chi connectivity index (χ1v) is 11.2. The Morgan fingerprint density at radius 1 is 1.22 bits per heavy atom. The lowest BCUT2D eigenvalue weighted by atomic mass is 9.96. The SMILES string of the molecule is COc1ccc(CNC(=O)[C@@H]2CCC[C@@H](NCc3c(C)noc3C)CN(C)C(=O)C2)cc1. The molecule has 3 rings (SSSR count). The summed E-state index contributed by atoms with van der Waals surface area (Å²) in [4.78, 5) is 27.3. The predicted molar refractivity (Wildman–Crippen MR) is 121 cm³/mol. The summed E-state index contributed by atoms with van der Waals surface area (Å²) in [6, 6.07) is 7.75.